The van der Waals surface area contributed by atoms with E-state index < -0.39 is 173 Å². The summed E-state index contributed by atoms with van der Waals surface area (Å²) in [7, 11) is -11.8. The van der Waals surface area contributed by atoms with Crippen LogP contribution in [-0.4, -0.2) is 113 Å². The Hall–Kier alpha value is -13.9. The van der Waals surface area contributed by atoms with Crippen LogP contribution in [0.15, 0.2) is 209 Å². The van der Waals surface area contributed by atoms with Crippen LogP contribution in [0.3, 0.4) is 0 Å². The average molecular weight is 1940 g/mol. The van der Waals surface area contributed by atoms with E-state index in [2.05, 4.69) is 24.4 Å². The first kappa shape index (κ1) is 97.2. The number of anilines is 3. The van der Waals surface area contributed by atoms with Crippen molar-refractivity contribution in [3.05, 3.63) is 300 Å². The maximum absolute atomic E-state index is 15.6. The third kappa shape index (κ3) is 23.5. The van der Waals surface area contributed by atoms with E-state index in [0.717, 1.165) is 36.4 Å². The second-order valence-electron chi connectivity index (χ2n) is 29.2. The number of halogens is 9. The van der Waals surface area contributed by atoms with Gasteiger partial charge in [-0.2, -0.15) is 0 Å². The summed E-state index contributed by atoms with van der Waals surface area (Å²) >= 11 is 18.0. The summed E-state index contributed by atoms with van der Waals surface area (Å²) in [5, 5.41) is 2.03. The SMILES string of the molecule is CCCS(=O)(=O)Nc1ccc(F)c(C(=O)c2cn(C(C)OC(=O)OC(C)C)c3ncc(-c4ccc(Cl)cc4)cc23)c1F.CCCS(=O)(=O)Nc1ccc(F)c(C(=O)c2cn(COC(=O)OCc3oc(=O)oc3C)c3ncc(-c4ccc(Cl)cc4)cc23)c1F.CCCS(=O)(=O)Nc1ccc(F)c(C(=O)c2cn(COC(=O)Oc3ccccc3)c3ncc(-c4ccc(Cl)cc4)cc23)c1F. The van der Waals surface area contributed by atoms with E-state index >= 15 is 26.3 Å². The Bertz CT molecular complexity index is 7190. The summed E-state index contributed by atoms with van der Waals surface area (Å²) in [5.41, 5.74) is -1.06. The minimum absolute atomic E-state index is 0.0269. The molecule has 7 aromatic heterocycles. The number of fused-ring (bicyclic) bond motifs is 3. The molecule has 0 amide bonds. The van der Waals surface area contributed by atoms with Gasteiger partial charge in [0.1, 0.15) is 40.1 Å². The first-order valence-corrected chi connectivity index (χ1v) is 45.8. The molecule has 688 valence electrons. The highest BCUT2D eigenvalue weighted by Crippen LogP contribution is 2.38. The van der Waals surface area contributed by atoms with E-state index in [1.807, 2.05) is 4.72 Å². The third-order valence-electron chi connectivity index (χ3n) is 19.3. The van der Waals surface area contributed by atoms with E-state index in [4.69, 9.17) is 72.1 Å². The summed E-state index contributed by atoms with van der Waals surface area (Å²) in [6.45, 7) is 9.63. The Morgan fingerprint density at radius 2 is 0.803 bits per heavy atom. The number of carbonyl (C=O) groups excluding carboxylic acids is 6. The highest BCUT2D eigenvalue weighted by atomic mass is 35.5. The molecule has 0 saturated heterocycles. The van der Waals surface area contributed by atoms with Crippen molar-refractivity contribution in [3.63, 3.8) is 0 Å². The number of benzene rings is 7. The molecule has 3 N–H and O–H groups in total. The second-order valence-corrected chi connectivity index (χ2v) is 36.0. The quantitative estimate of drug-likeness (QED) is 0.0119. The Labute approximate surface area is 763 Å². The fraction of sp³-hybridized carbons (Fsp3) is 0.200. The summed E-state index contributed by atoms with van der Waals surface area (Å²) in [4.78, 5) is 103. The fourth-order valence-electron chi connectivity index (χ4n) is 13.2. The topological polar surface area (TPSA) is 393 Å². The largest absolute Gasteiger partial charge is 0.519 e. The van der Waals surface area contributed by atoms with Gasteiger partial charge in [0.25, 0.3) is 0 Å². The van der Waals surface area contributed by atoms with Crippen LogP contribution in [0.25, 0.3) is 66.5 Å². The summed E-state index contributed by atoms with van der Waals surface area (Å²) in [5.74, 6) is -12.6. The molecule has 1 unspecified atom stereocenters. The van der Waals surface area contributed by atoms with E-state index in [1.165, 1.54) is 64.7 Å². The van der Waals surface area contributed by atoms with Crippen LogP contribution >= 0.6 is 34.8 Å². The molecule has 0 aliphatic rings. The molecule has 0 saturated carbocycles. The molecule has 7 heterocycles. The van der Waals surface area contributed by atoms with Gasteiger partial charge < -0.3 is 37.3 Å². The first-order chi connectivity index (χ1) is 62.7. The second kappa shape index (κ2) is 41.9. The van der Waals surface area contributed by atoms with Crippen molar-refractivity contribution in [2.75, 3.05) is 31.4 Å². The maximum atomic E-state index is 15.6. The predicted octanol–water partition coefficient (Wildman–Crippen LogP) is 20.5. The number of nitrogens with one attached hydrogen (secondary N) is 3. The minimum Gasteiger partial charge on any atom is -0.432 e. The lowest BCUT2D eigenvalue weighted by Gasteiger charge is -2.16. The van der Waals surface area contributed by atoms with Gasteiger partial charge in [-0.15, -0.1) is 0 Å². The predicted molar refractivity (Wildman–Crippen MR) is 477 cm³/mol. The van der Waals surface area contributed by atoms with Gasteiger partial charge >= 0.3 is 24.3 Å². The number of para-hydroxylation sites is 1. The van der Waals surface area contributed by atoms with Gasteiger partial charge in [0.15, 0.2) is 55.3 Å². The Morgan fingerprint density at radius 3 is 1.17 bits per heavy atom. The van der Waals surface area contributed by atoms with Crippen LogP contribution in [0.5, 0.6) is 5.75 Å². The summed E-state index contributed by atoms with van der Waals surface area (Å²) in [6, 6.07) is 38.4. The van der Waals surface area contributed by atoms with Crippen LogP contribution in [0.2, 0.25) is 15.1 Å². The van der Waals surface area contributed by atoms with Gasteiger partial charge in [0.05, 0.1) is 73.8 Å². The molecule has 0 spiro atoms. The Kier molecular flexibility index (Phi) is 30.9. The van der Waals surface area contributed by atoms with Crippen molar-refractivity contribution in [1.82, 2.24) is 28.7 Å². The van der Waals surface area contributed by atoms with Crippen LogP contribution in [0.4, 0.5) is 57.8 Å². The van der Waals surface area contributed by atoms with E-state index in [-0.39, 0.29) is 104 Å². The van der Waals surface area contributed by atoms with E-state index in [9.17, 15) is 58.8 Å². The number of hydrogen-bond acceptors (Lipinski definition) is 24. The molecule has 0 aliphatic heterocycles. The molecule has 132 heavy (non-hydrogen) atoms. The molecule has 1 atom stereocenters. The minimum atomic E-state index is -3.97. The van der Waals surface area contributed by atoms with Crippen LogP contribution in [0.1, 0.15) is 126 Å². The molecule has 14 rings (SSSR count). The van der Waals surface area contributed by atoms with Gasteiger partial charge in [0, 0.05) is 85.1 Å². The standard InChI is InChI=1S/C31H24ClF2N3O6S.C30H24ClF2N3O9S.C29H28ClF2N3O6S/c1-2-14-44(40,41)36-26-13-12-25(33)27(28(26)34)29(38)24-17-37(18-42-31(39)43-22-6-4-3-5-7-22)30-23(24)15-20(16-35-30)19-8-10-21(32)11-9-19;1-3-10-46(40,41)35-23-9-8-22(32)25(26(23)33)27(37)21-13-36(15-43-29(38)42-14-24-16(2)44-30(39)45-24)28-20(21)11-18(12-34-28)17-4-6-19(31)7-5-17;1-5-12-42(38,39)34-24-11-10-23(31)25(26(24)32)27(36)22-15-35(17(4)41-29(37)40-16(2)3)28-21(22)13-19(14-33-28)18-6-8-20(30)9-7-18/h3-13,15-17,36H,2,14,18H2,1H3;4-9,11-13,35H,3,10,14-15H2,1-2H3;6-11,13-17,34H,5,12H2,1-4H3. The number of aromatic nitrogens is 6. The number of hydrogen-bond donors (Lipinski definition) is 3. The molecular formula is C90H76Cl3F6N9O21S3. The molecule has 0 bridgehead atoms. The highest BCUT2D eigenvalue weighted by molar-refractivity contribution is 7.93. The van der Waals surface area contributed by atoms with Crippen LogP contribution in [0, 0.1) is 41.8 Å². The molecule has 0 aliphatic carbocycles. The van der Waals surface area contributed by atoms with Crippen molar-refractivity contribution in [3.8, 4) is 39.1 Å². The average Bonchev–Trinajstić information content (AvgIpc) is 1.61. The van der Waals surface area contributed by atoms with Crippen molar-refractivity contribution in [2.24, 2.45) is 0 Å². The number of pyridine rings is 3. The van der Waals surface area contributed by atoms with Crippen molar-refractivity contribution < 1.29 is 118 Å². The lowest BCUT2D eigenvalue weighted by molar-refractivity contribution is -0.00872. The molecule has 0 radical (unpaired) electrons. The van der Waals surface area contributed by atoms with Crippen molar-refractivity contribution >= 4 is 151 Å². The fourth-order valence-corrected chi connectivity index (χ4v) is 17.0. The number of carbonyl (C=O) groups is 6. The maximum Gasteiger partial charge on any atom is 0.519 e. The van der Waals surface area contributed by atoms with Gasteiger partial charge in [-0.25, -0.2) is 85.7 Å². The normalized spacial score (nSPS) is 11.7. The smallest absolute Gasteiger partial charge is 0.432 e. The van der Waals surface area contributed by atoms with Crippen LogP contribution < -0.4 is 24.7 Å². The molecule has 14 aromatic rings. The zero-order valence-corrected chi connectivity index (χ0v) is 75.1. The van der Waals surface area contributed by atoms with E-state index in [0.29, 0.717) is 48.4 Å². The highest BCUT2D eigenvalue weighted by Gasteiger charge is 2.33. The van der Waals surface area contributed by atoms with E-state index in [1.54, 1.807) is 156 Å². The molecule has 7 aromatic carbocycles. The lowest BCUT2D eigenvalue weighted by Crippen LogP contribution is -2.19. The van der Waals surface area contributed by atoms with Crippen molar-refractivity contribution in [2.45, 2.75) is 100 Å². The number of rotatable bonds is 31. The number of ketones is 3. The van der Waals surface area contributed by atoms with Gasteiger partial charge in [-0.05, 0) is 167 Å². The van der Waals surface area contributed by atoms with Gasteiger partial charge in [-0.3, -0.25) is 42.3 Å². The number of aryl methyl sites for hydroxylation is 1. The molecule has 0 fully saturated rings. The Morgan fingerprint density at radius 1 is 0.439 bits per heavy atom. The van der Waals surface area contributed by atoms with Crippen LogP contribution in [-0.2, 0) is 73.8 Å². The zero-order valence-electron chi connectivity index (χ0n) is 70.4. The number of sulfonamides is 3. The molecular weight excluding hydrogens is 1860 g/mol. The first-order valence-electron chi connectivity index (χ1n) is 39.8. The number of nitrogens with zero attached hydrogens (tertiary/aromatic N) is 6. The lowest BCUT2D eigenvalue weighted by atomic mass is 10.00. The zero-order chi connectivity index (χ0) is 95.4. The summed E-state index contributed by atoms with van der Waals surface area (Å²) < 4.78 is 216. The Balaban J connectivity index is 0.000000179. The van der Waals surface area contributed by atoms with Crippen molar-refractivity contribution in [1.29, 1.82) is 0 Å². The molecule has 42 heteroatoms. The third-order valence-corrected chi connectivity index (χ3v) is 24.5. The summed E-state index contributed by atoms with van der Waals surface area (Å²) in [6.07, 6.45) is 4.32. The van der Waals surface area contributed by atoms with Gasteiger partial charge in [-0.1, -0.05) is 110 Å². The molecule has 30 nitrogen and oxygen atoms in total. The number of ether oxygens (including phenoxy) is 6. The van der Waals surface area contributed by atoms with Gasteiger partial charge in [0.2, 0.25) is 47.4 Å². The monoisotopic (exact) mass is 1930 g/mol.